The minimum atomic E-state index is -0.488. The van der Waals surface area contributed by atoms with E-state index in [9.17, 15) is 4.79 Å². The summed E-state index contributed by atoms with van der Waals surface area (Å²) in [5.41, 5.74) is 7.85. The summed E-state index contributed by atoms with van der Waals surface area (Å²) < 4.78 is 0. The third kappa shape index (κ3) is 1.64. The molecule has 0 spiro atoms. The van der Waals surface area contributed by atoms with E-state index in [1.807, 2.05) is 5.43 Å². The summed E-state index contributed by atoms with van der Waals surface area (Å²) >= 11 is 0. The van der Waals surface area contributed by atoms with Crippen molar-refractivity contribution in [1.29, 1.82) is 0 Å². The number of phenolic OH excluding ortho intramolecular Hbond substituents is 1. The first-order valence-corrected chi connectivity index (χ1v) is 3.24. The molecule has 0 bridgehead atoms. The number of benzene rings is 1. The van der Waals surface area contributed by atoms with Crippen molar-refractivity contribution in [2.24, 2.45) is 5.84 Å². The summed E-state index contributed by atoms with van der Waals surface area (Å²) in [5.74, 6) is 4.33. The summed E-state index contributed by atoms with van der Waals surface area (Å²) in [4.78, 5) is 10.9. The molecular weight excluding hydrogens is 158 g/mol. The zero-order chi connectivity index (χ0) is 9.14. The molecule has 0 aliphatic heterocycles. The van der Waals surface area contributed by atoms with Crippen LogP contribution in [-0.2, 0) is 0 Å². The van der Waals surface area contributed by atoms with Gasteiger partial charge in [0.15, 0.2) is 0 Å². The molecule has 5 heteroatoms. The van der Waals surface area contributed by atoms with Gasteiger partial charge in [-0.3, -0.25) is 10.2 Å². The van der Waals surface area contributed by atoms with Crippen molar-refractivity contribution in [3.63, 3.8) is 0 Å². The van der Waals surface area contributed by atoms with E-state index in [-0.39, 0.29) is 11.3 Å². The predicted molar refractivity (Wildman–Crippen MR) is 44.2 cm³/mol. The minimum absolute atomic E-state index is 0.0615. The third-order valence-corrected chi connectivity index (χ3v) is 1.33. The maximum Gasteiger partial charge on any atom is 0.265 e. The van der Waals surface area contributed by atoms with Crippen LogP contribution < -0.4 is 17.0 Å². The molecule has 6 N–H and O–H groups in total. The van der Waals surface area contributed by atoms with Gasteiger partial charge in [-0.15, -0.1) is 0 Å². The standard InChI is InChI=1S/C7H9N3O2/c8-5-1-4(7(12)10-9)2-6(11)3-5/h1-3,11H,8-9H2,(H,10,12). The zero-order valence-corrected chi connectivity index (χ0v) is 6.24. The molecular formula is C7H9N3O2. The lowest BCUT2D eigenvalue weighted by Crippen LogP contribution is -2.29. The Bertz CT molecular complexity index is 291. The lowest BCUT2D eigenvalue weighted by atomic mass is 10.2. The van der Waals surface area contributed by atoms with Gasteiger partial charge < -0.3 is 10.8 Å². The first-order valence-electron chi connectivity index (χ1n) is 3.24. The Morgan fingerprint density at radius 3 is 2.58 bits per heavy atom. The van der Waals surface area contributed by atoms with Gasteiger partial charge in [-0.2, -0.15) is 0 Å². The number of anilines is 1. The molecule has 12 heavy (non-hydrogen) atoms. The fourth-order valence-corrected chi connectivity index (χ4v) is 0.849. The van der Waals surface area contributed by atoms with Crippen molar-refractivity contribution in [2.45, 2.75) is 0 Å². The Kier molecular flexibility index (Phi) is 2.16. The largest absolute Gasteiger partial charge is 0.508 e. The van der Waals surface area contributed by atoms with Gasteiger partial charge in [-0.1, -0.05) is 0 Å². The molecule has 0 fully saturated rings. The monoisotopic (exact) mass is 167 g/mol. The highest BCUT2D eigenvalue weighted by atomic mass is 16.3. The van der Waals surface area contributed by atoms with Gasteiger partial charge in [0.25, 0.3) is 5.91 Å². The fraction of sp³-hybridized carbons (Fsp3) is 0. The van der Waals surface area contributed by atoms with Crippen LogP contribution in [-0.4, -0.2) is 11.0 Å². The molecule has 1 rings (SSSR count). The Labute approximate surface area is 69.0 Å². The number of hydrazine groups is 1. The molecule has 0 saturated carbocycles. The first kappa shape index (κ1) is 8.35. The van der Waals surface area contributed by atoms with Crippen molar-refractivity contribution >= 4 is 11.6 Å². The van der Waals surface area contributed by atoms with E-state index in [0.29, 0.717) is 5.69 Å². The number of phenols is 1. The maximum atomic E-state index is 10.9. The second kappa shape index (κ2) is 3.10. The van der Waals surface area contributed by atoms with E-state index in [1.54, 1.807) is 0 Å². The molecule has 1 amide bonds. The number of amides is 1. The zero-order valence-electron chi connectivity index (χ0n) is 6.24. The van der Waals surface area contributed by atoms with Gasteiger partial charge >= 0.3 is 0 Å². The molecule has 0 radical (unpaired) electrons. The molecule has 0 aliphatic carbocycles. The first-order chi connectivity index (χ1) is 5.63. The molecule has 0 aliphatic rings. The van der Waals surface area contributed by atoms with Crippen LogP contribution in [0.1, 0.15) is 10.4 Å². The third-order valence-electron chi connectivity index (χ3n) is 1.33. The molecule has 0 atom stereocenters. The van der Waals surface area contributed by atoms with Crippen molar-refractivity contribution in [3.8, 4) is 5.75 Å². The Morgan fingerprint density at radius 1 is 1.42 bits per heavy atom. The van der Waals surface area contributed by atoms with Crippen LogP contribution in [0.4, 0.5) is 5.69 Å². The van der Waals surface area contributed by atoms with Crippen LogP contribution in [0, 0.1) is 0 Å². The highest BCUT2D eigenvalue weighted by Crippen LogP contribution is 2.16. The van der Waals surface area contributed by atoms with Gasteiger partial charge in [-0.05, 0) is 12.1 Å². The number of aromatic hydroxyl groups is 1. The van der Waals surface area contributed by atoms with Gasteiger partial charge in [0.1, 0.15) is 5.75 Å². The minimum Gasteiger partial charge on any atom is -0.508 e. The Morgan fingerprint density at radius 2 is 2.08 bits per heavy atom. The van der Waals surface area contributed by atoms with Crippen LogP contribution in [0.15, 0.2) is 18.2 Å². The fourth-order valence-electron chi connectivity index (χ4n) is 0.849. The van der Waals surface area contributed by atoms with Gasteiger partial charge in [0.05, 0.1) is 0 Å². The average Bonchev–Trinajstić information content (AvgIpc) is 2.01. The quantitative estimate of drug-likeness (QED) is 0.197. The average molecular weight is 167 g/mol. The predicted octanol–water partition coefficient (Wildman–Crippen LogP) is -0.422. The number of hydrogen-bond donors (Lipinski definition) is 4. The normalized spacial score (nSPS) is 9.42. The number of hydrogen-bond acceptors (Lipinski definition) is 4. The van der Waals surface area contributed by atoms with Crippen LogP contribution in [0.3, 0.4) is 0 Å². The number of nitrogen functional groups attached to an aromatic ring is 2. The molecule has 0 unspecified atom stereocenters. The van der Waals surface area contributed by atoms with E-state index in [1.165, 1.54) is 18.2 Å². The van der Waals surface area contributed by atoms with Crippen molar-refractivity contribution in [2.75, 3.05) is 5.73 Å². The van der Waals surface area contributed by atoms with Crippen LogP contribution in [0.25, 0.3) is 0 Å². The summed E-state index contributed by atoms with van der Waals surface area (Å²) in [5, 5.41) is 9.04. The summed E-state index contributed by atoms with van der Waals surface area (Å²) in [6.07, 6.45) is 0. The number of rotatable bonds is 1. The molecule has 1 aromatic carbocycles. The van der Waals surface area contributed by atoms with Gasteiger partial charge in [-0.25, -0.2) is 5.84 Å². The smallest absolute Gasteiger partial charge is 0.265 e. The second-order valence-electron chi connectivity index (χ2n) is 2.29. The van der Waals surface area contributed by atoms with E-state index in [4.69, 9.17) is 16.7 Å². The lowest BCUT2D eigenvalue weighted by molar-refractivity contribution is 0.0953. The topological polar surface area (TPSA) is 101 Å². The van der Waals surface area contributed by atoms with E-state index in [2.05, 4.69) is 0 Å². The highest BCUT2D eigenvalue weighted by molar-refractivity contribution is 5.95. The van der Waals surface area contributed by atoms with Gasteiger partial charge in [0, 0.05) is 17.3 Å². The van der Waals surface area contributed by atoms with Crippen molar-refractivity contribution in [3.05, 3.63) is 23.8 Å². The SMILES string of the molecule is NNC(=O)c1cc(N)cc(O)c1. The Balaban J connectivity index is 3.08. The van der Waals surface area contributed by atoms with Crippen LogP contribution >= 0.6 is 0 Å². The Hall–Kier alpha value is -1.75. The maximum absolute atomic E-state index is 10.9. The molecule has 0 heterocycles. The van der Waals surface area contributed by atoms with Crippen molar-refractivity contribution < 1.29 is 9.90 Å². The molecule has 1 aromatic rings. The van der Waals surface area contributed by atoms with Crippen molar-refractivity contribution in [1.82, 2.24) is 5.43 Å². The lowest BCUT2D eigenvalue weighted by Gasteiger charge is -2.01. The highest BCUT2D eigenvalue weighted by Gasteiger charge is 2.04. The molecule has 0 aromatic heterocycles. The number of nitrogens with one attached hydrogen (secondary N) is 1. The number of nitrogens with two attached hydrogens (primary N) is 2. The second-order valence-corrected chi connectivity index (χ2v) is 2.29. The van der Waals surface area contributed by atoms with E-state index >= 15 is 0 Å². The number of carbonyl (C=O) groups is 1. The summed E-state index contributed by atoms with van der Waals surface area (Å²) in [6, 6.07) is 4.04. The number of carbonyl (C=O) groups excluding carboxylic acids is 1. The van der Waals surface area contributed by atoms with E-state index in [0.717, 1.165) is 0 Å². The summed E-state index contributed by atoms with van der Waals surface area (Å²) in [6.45, 7) is 0. The van der Waals surface area contributed by atoms with Gasteiger partial charge in [0.2, 0.25) is 0 Å². The molecule has 5 nitrogen and oxygen atoms in total. The molecule has 0 saturated heterocycles. The molecule has 64 valence electrons. The van der Waals surface area contributed by atoms with Crippen LogP contribution in [0.5, 0.6) is 5.75 Å². The van der Waals surface area contributed by atoms with Crippen LogP contribution in [0.2, 0.25) is 0 Å². The van der Waals surface area contributed by atoms with E-state index < -0.39 is 5.91 Å². The summed E-state index contributed by atoms with van der Waals surface area (Å²) in [7, 11) is 0.